The normalized spacial score (nSPS) is 20.6. The van der Waals surface area contributed by atoms with E-state index < -0.39 is 0 Å². The molecule has 0 aliphatic carbocycles. The zero-order chi connectivity index (χ0) is 11.4. The minimum Gasteiger partial charge on any atom is -0.316 e. The molecule has 1 aromatic rings. The number of rotatable bonds is 3. The Hall–Kier alpha value is -1.42. The first kappa shape index (κ1) is 11.1. The van der Waals surface area contributed by atoms with Gasteiger partial charge in [0.25, 0.3) is 5.69 Å². The van der Waals surface area contributed by atoms with Gasteiger partial charge in [-0.1, -0.05) is 18.2 Å². The molecule has 0 unspecified atom stereocenters. The summed E-state index contributed by atoms with van der Waals surface area (Å²) in [5.74, 6) is 0.537. The van der Waals surface area contributed by atoms with E-state index in [9.17, 15) is 10.1 Å². The number of piperidine rings is 1. The number of nitrogens with one attached hydrogen (secondary N) is 1. The highest BCUT2D eigenvalue weighted by Crippen LogP contribution is 2.23. The lowest BCUT2D eigenvalue weighted by Crippen LogP contribution is -2.30. The molecule has 0 amide bonds. The van der Waals surface area contributed by atoms with E-state index in [1.807, 2.05) is 12.1 Å². The van der Waals surface area contributed by atoms with Crippen LogP contribution in [0, 0.1) is 16.0 Å². The van der Waals surface area contributed by atoms with Gasteiger partial charge in [0.1, 0.15) is 0 Å². The third-order valence-electron chi connectivity index (χ3n) is 3.10. The molecular weight excluding hydrogens is 204 g/mol. The lowest BCUT2D eigenvalue weighted by Gasteiger charge is -2.22. The Kier molecular flexibility index (Phi) is 3.51. The topological polar surface area (TPSA) is 55.2 Å². The van der Waals surface area contributed by atoms with Crippen molar-refractivity contribution in [2.75, 3.05) is 13.1 Å². The maximum atomic E-state index is 10.9. The Labute approximate surface area is 94.8 Å². The van der Waals surface area contributed by atoms with Gasteiger partial charge in [-0.25, -0.2) is 0 Å². The fourth-order valence-corrected chi connectivity index (χ4v) is 2.27. The quantitative estimate of drug-likeness (QED) is 0.627. The maximum Gasteiger partial charge on any atom is 0.272 e. The van der Waals surface area contributed by atoms with Crippen molar-refractivity contribution >= 4 is 5.69 Å². The number of nitro groups is 1. The molecule has 1 aromatic carbocycles. The van der Waals surface area contributed by atoms with Gasteiger partial charge in [0.2, 0.25) is 0 Å². The number of hydrogen-bond acceptors (Lipinski definition) is 3. The van der Waals surface area contributed by atoms with Crippen molar-refractivity contribution in [2.45, 2.75) is 19.3 Å². The highest BCUT2D eigenvalue weighted by molar-refractivity contribution is 5.40. The molecule has 0 saturated carbocycles. The summed E-state index contributed by atoms with van der Waals surface area (Å²) in [5.41, 5.74) is 1.12. The van der Waals surface area contributed by atoms with Crippen LogP contribution in [0.1, 0.15) is 18.4 Å². The molecule has 1 heterocycles. The number of hydrogen-bond donors (Lipinski definition) is 1. The van der Waals surface area contributed by atoms with Crippen molar-refractivity contribution in [1.82, 2.24) is 5.32 Å². The van der Waals surface area contributed by atoms with Crippen molar-refractivity contribution in [3.05, 3.63) is 39.9 Å². The van der Waals surface area contributed by atoms with E-state index >= 15 is 0 Å². The van der Waals surface area contributed by atoms with Crippen LogP contribution in [0.5, 0.6) is 0 Å². The van der Waals surface area contributed by atoms with Crippen LogP contribution in [0.4, 0.5) is 5.69 Å². The Bertz CT molecular complexity index is 373. The Morgan fingerprint density at radius 3 is 2.94 bits per heavy atom. The van der Waals surface area contributed by atoms with Gasteiger partial charge >= 0.3 is 0 Å². The van der Waals surface area contributed by atoms with Crippen LogP contribution in [-0.2, 0) is 6.42 Å². The molecule has 86 valence electrons. The SMILES string of the molecule is O=[N+]([O-])c1ccccc1C[C@H]1CCCNC1. The largest absolute Gasteiger partial charge is 0.316 e. The molecule has 1 aliphatic rings. The predicted octanol–water partition coefficient (Wildman–Crippen LogP) is 2.14. The van der Waals surface area contributed by atoms with Crippen molar-refractivity contribution in [2.24, 2.45) is 5.92 Å². The third-order valence-corrected chi connectivity index (χ3v) is 3.10. The van der Waals surface area contributed by atoms with Crippen LogP contribution in [0.25, 0.3) is 0 Å². The van der Waals surface area contributed by atoms with Gasteiger partial charge in [0.15, 0.2) is 0 Å². The van der Waals surface area contributed by atoms with Gasteiger partial charge in [-0.3, -0.25) is 10.1 Å². The Morgan fingerprint density at radius 1 is 1.44 bits per heavy atom. The van der Waals surface area contributed by atoms with Gasteiger partial charge in [-0.05, 0) is 38.3 Å². The molecule has 1 saturated heterocycles. The number of para-hydroxylation sites is 1. The average Bonchev–Trinajstić information content (AvgIpc) is 2.31. The summed E-state index contributed by atoms with van der Waals surface area (Å²) in [7, 11) is 0. The zero-order valence-electron chi connectivity index (χ0n) is 9.19. The highest BCUT2D eigenvalue weighted by atomic mass is 16.6. The fourth-order valence-electron chi connectivity index (χ4n) is 2.27. The smallest absolute Gasteiger partial charge is 0.272 e. The highest BCUT2D eigenvalue weighted by Gasteiger charge is 2.18. The average molecular weight is 220 g/mol. The van der Waals surface area contributed by atoms with Crippen LogP contribution in [-0.4, -0.2) is 18.0 Å². The number of nitro benzene ring substituents is 1. The maximum absolute atomic E-state index is 10.9. The summed E-state index contributed by atoms with van der Waals surface area (Å²) in [4.78, 5) is 10.6. The molecule has 1 N–H and O–H groups in total. The second-order valence-electron chi connectivity index (χ2n) is 4.30. The van der Waals surface area contributed by atoms with Crippen molar-refractivity contribution in [1.29, 1.82) is 0 Å². The molecule has 1 fully saturated rings. The molecule has 4 nitrogen and oxygen atoms in total. The first-order valence-corrected chi connectivity index (χ1v) is 5.70. The summed E-state index contributed by atoms with van der Waals surface area (Å²) in [6.07, 6.45) is 3.15. The number of benzene rings is 1. The van der Waals surface area contributed by atoms with Gasteiger partial charge in [0.05, 0.1) is 4.92 Å². The molecule has 0 radical (unpaired) electrons. The summed E-state index contributed by atoms with van der Waals surface area (Å²) in [5, 5.41) is 14.2. The van der Waals surface area contributed by atoms with E-state index in [1.165, 1.54) is 12.8 Å². The van der Waals surface area contributed by atoms with Crippen molar-refractivity contribution in [3.8, 4) is 0 Å². The van der Waals surface area contributed by atoms with Gasteiger partial charge in [-0.15, -0.1) is 0 Å². The molecule has 1 atom stereocenters. The summed E-state index contributed by atoms with van der Waals surface area (Å²) in [6.45, 7) is 2.05. The molecule has 0 bridgehead atoms. The molecule has 16 heavy (non-hydrogen) atoms. The second kappa shape index (κ2) is 5.07. The fraction of sp³-hybridized carbons (Fsp3) is 0.500. The molecule has 2 rings (SSSR count). The first-order valence-electron chi connectivity index (χ1n) is 5.70. The minimum atomic E-state index is -0.286. The van der Waals surface area contributed by atoms with E-state index in [-0.39, 0.29) is 10.6 Å². The van der Waals surface area contributed by atoms with Crippen LogP contribution in [0.15, 0.2) is 24.3 Å². The van der Waals surface area contributed by atoms with E-state index in [4.69, 9.17) is 0 Å². The van der Waals surface area contributed by atoms with Crippen LogP contribution < -0.4 is 5.32 Å². The Balaban J connectivity index is 2.10. The van der Waals surface area contributed by atoms with Gasteiger partial charge in [0, 0.05) is 11.6 Å². The van der Waals surface area contributed by atoms with Crippen LogP contribution >= 0.6 is 0 Å². The van der Waals surface area contributed by atoms with Gasteiger partial charge in [-0.2, -0.15) is 0 Å². The summed E-state index contributed by atoms with van der Waals surface area (Å²) < 4.78 is 0. The van der Waals surface area contributed by atoms with E-state index in [0.29, 0.717) is 5.92 Å². The molecule has 1 aliphatic heterocycles. The van der Waals surface area contributed by atoms with Crippen LogP contribution in [0.2, 0.25) is 0 Å². The molecule has 0 aromatic heterocycles. The van der Waals surface area contributed by atoms with E-state index in [0.717, 1.165) is 25.1 Å². The number of nitrogens with zero attached hydrogens (tertiary/aromatic N) is 1. The second-order valence-corrected chi connectivity index (χ2v) is 4.30. The van der Waals surface area contributed by atoms with E-state index in [2.05, 4.69) is 5.32 Å². The van der Waals surface area contributed by atoms with Crippen molar-refractivity contribution in [3.63, 3.8) is 0 Å². The first-order chi connectivity index (χ1) is 7.77. The third kappa shape index (κ3) is 2.58. The van der Waals surface area contributed by atoms with Crippen LogP contribution in [0.3, 0.4) is 0 Å². The lowest BCUT2D eigenvalue weighted by atomic mass is 9.92. The van der Waals surface area contributed by atoms with Crippen molar-refractivity contribution < 1.29 is 4.92 Å². The summed E-state index contributed by atoms with van der Waals surface area (Å²) >= 11 is 0. The summed E-state index contributed by atoms with van der Waals surface area (Å²) in [6, 6.07) is 7.05. The monoisotopic (exact) mass is 220 g/mol. The zero-order valence-corrected chi connectivity index (χ0v) is 9.19. The predicted molar refractivity (Wildman–Crippen MR) is 62.4 cm³/mol. The molecule has 4 heteroatoms. The van der Waals surface area contributed by atoms with Gasteiger partial charge < -0.3 is 5.32 Å². The lowest BCUT2D eigenvalue weighted by molar-refractivity contribution is -0.385. The van der Waals surface area contributed by atoms with E-state index in [1.54, 1.807) is 12.1 Å². The Morgan fingerprint density at radius 2 is 2.25 bits per heavy atom. The standard InChI is InChI=1S/C12H16N2O2/c15-14(16)12-6-2-1-5-11(12)8-10-4-3-7-13-9-10/h1-2,5-6,10,13H,3-4,7-9H2/t10-/m1/s1. The molecular formula is C12H16N2O2. The molecule has 0 spiro atoms. The minimum absolute atomic E-state index is 0.257.